The normalized spacial score (nSPS) is 11.7. The van der Waals surface area contributed by atoms with Crippen molar-refractivity contribution in [2.75, 3.05) is 25.1 Å². The summed E-state index contributed by atoms with van der Waals surface area (Å²) in [6.45, 7) is 4.36. The largest absolute Gasteiger partial charge is 0.313 e. The molecule has 0 saturated heterocycles. The van der Waals surface area contributed by atoms with Gasteiger partial charge in [0.25, 0.3) is 0 Å². The van der Waals surface area contributed by atoms with E-state index in [4.69, 9.17) is 0 Å². The Hall–Kier alpha value is -0.560. The van der Waals surface area contributed by atoms with E-state index < -0.39 is 10.0 Å². The molecule has 0 unspecified atom stereocenters. The minimum absolute atomic E-state index is 0.0446. The molecule has 0 aliphatic heterocycles. The van der Waals surface area contributed by atoms with E-state index in [0.29, 0.717) is 6.54 Å². The Morgan fingerprint density at radius 3 is 2.65 bits per heavy atom. The first kappa shape index (κ1) is 17.5. The number of sulfonamides is 1. The maximum atomic E-state index is 11.9. The van der Waals surface area contributed by atoms with Crippen molar-refractivity contribution in [1.29, 1.82) is 0 Å². The lowest BCUT2D eigenvalue weighted by Gasteiger charge is -2.08. The van der Waals surface area contributed by atoms with Crippen LogP contribution in [0.25, 0.3) is 0 Å². The molecule has 20 heavy (non-hydrogen) atoms. The predicted molar refractivity (Wildman–Crippen MR) is 87.4 cm³/mol. The summed E-state index contributed by atoms with van der Waals surface area (Å²) in [4.78, 5) is 0. The lowest BCUT2D eigenvalue weighted by atomic mass is 10.1. The third kappa shape index (κ3) is 7.28. The molecule has 0 fully saturated rings. The second-order valence-corrected chi connectivity index (χ2v) is 7.44. The summed E-state index contributed by atoms with van der Waals surface area (Å²) in [6, 6.07) is 7.74. The number of rotatable bonds is 10. The molecule has 0 radical (unpaired) electrons. The van der Waals surface area contributed by atoms with Gasteiger partial charge in [-0.25, -0.2) is 13.1 Å². The molecular formula is C14H24N2O2S2. The van der Waals surface area contributed by atoms with Crippen LogP contribution in [0.2, 0.25) is 0 Å². The Kier molecular flexibility index (Phi) is 8.21. The molecule has 114 valence electrons. The molecule has 0 aliphatic rings. The molecule has 0 heterocycles. The number of hydrogen-bond donors (Lipinski definition) is 2. The molecule has 1 aromatic carbocycles. The summed E-state index contributed by atoms with van der Waals surface area (Å²) in [6.07, 6.45) is 3.05. The average Bonchev–Trinajstić information content (AvgIpc) is 2.39. The van der Waals surface area contributed by atoms with Crippen LogP contribution >= 0.6 is 11.8 Å². The van der Waals surface area contributed by atoms with Gasteiger partial charge in [-0.3, -0.25) is 0 Å². The van der Waals surface area contributed by atoms with Crippen LogP contribution in [0.4, 0.5) is 0 Å². The van der Waals surface area contributed by atoms with Crippen LogP contribution in [0.5, 0.6) is 0 Å². The number of hydrogen-bond acceptors (Lipinski definition) is 4. The topological polar surface area (TPSA) is 58.2 Å². The molecule has 0 saturated carbocycles. The average molecular weight is 316 g/mol. The van der Waals surface area contributed by atoms with Crippen LogP contribution in [0.1, 0.15) is 24.5 Å². The fraction of sp³-hybridized carbons (Fsp3) is 0.571. The van der Waals surface area contributed by atoms with Crippen molar-refractivity contribution in [3.05, 3.63) is 35.4 Å². The SMILES string of the molecule is CCCNCc1cccc(CS(=O)(=O)NCCSC)c1. The van der Waals surface area contributed by atoms with E-state index in [0.717, 1.165) is 36.4 Å². The Bertz CT molecular complexity index is 490. The Labute approximate surface area is 126 Å². The van der Waals surface area contributed by atoms with Crippen molar-refractivity contribution < 1.29 is 8.42 Å². The highest BCUT2D eigenvalue weighted by molar-refractivity contribution is 7.98. The Morgan fingerprint density at radius 2 is 1.95 bits per heavy atom. The van der Waals surface area contributed by atoms with E-state index in [9.17, 15) is 8.42 Å². The van der Waals surface area contributed by atoms with Crippen LogP contribution in [0, 0.1) is 0 Å². The zero-order valence-electron chi connectivity index (χ0n) is 12.2. The quantitative estimate of drug-likeness (QED) is 0.648. The van der Waals surface area contributed by atoms with Gasteiger partial charge in [-0.05, 0) is 30.3 Å². The molecule has 2 N–H and O–H groups in total. The van der Waals surface area contributed by atoms with E-state index >= 15 is 0 Å². The van der Waals surface area contributed by atoms with Crippen molar-refractivity contribution in [1.82, 2.24) is 10.0 Å². The number of nitrogens with one attached hydrogen (secondary N) is 2. The zero-order chi connectivity index (χ0) is 14.8. The molecule has 0 bridgehead atoms. The smallest absolute Gasteiger partial charge is 0.215 e. The van der Waals surface area contributed by atoms with E-state index in [1.807, 2.05) is 30.5 Å². The van der Waals surface area contributed by atoms with Gasteiger partial charge in [0.15, 0.2) is 0 Å². The van der Waals surface area contributed by atoms with Crippen LogP contribution in [0.15, 0.2) is 24.3 Å². The second kappa shape index (κ2) is 9.39. The molecule has 0 aromatic heterocycles. The van der Waals surface area contributed by atoms with Gasteiger partial charge in [-0.2, -0.15) is 11.8 Å². The lowest BCUT2D eigenvalue weighted by Crippen LogP contribution is -2.27. The van der Waals surface area contributed by atoms with Gasteiger partial charge in [0, 0.05) is 18.8 Å². The molecule has 0 aliphatic carbocycles. The highest BCUT2D eigenvalue weighted by atomic mass is 32.2. The lowest BCUT2D eigenvalue weighted by molar-refractivity contribution is 0.583. The van der Waals surface area contributed by atoms with E-state index in [1.165, 1.54) is 0 Å². The molecule has 0 spiro atoms. The van der Waals surface area contributed by atoms with Crippen LogP contribution in [0.3, 0.4) is 0 Å². The highest BCUT2D eigenvalue weighted by Crippen LogP contribution is 2.09. The molecule has 0 atom stereocenters. The van der Waals surface area contributed by atoms with Gasteiger partial charge in [0.1, 0.15) is 0 Å². The molecule has 1 rings (SSSR count). The van der Waals surface area contributed by atoms with E-state index in [2.05, 4.69) is 17.0 Å². The van der Waals surface area contributed by atoms with Gasteiger partial charge in [-0.15, -0.1) is 0 Å². The van der Waals surface area contributed by atoms with Crippen molar-refractivity contribution in [3.63, 3.8) is 0 Å². The summed E-state index contributed by atoms with van der Waals surface area (Å²) < 4.78 is 26.4. The van der Waals surface area contributed by atoms with Crippen LogP contribution in [-0.4, -0.2) is 33.5 Å². The van der Waals surface area contributed by atoms with Crippen LogP contribution < -0.4 is 10.0 Å². The van der Waals surface area contributed by atoms with Crippen LogP contribution in [-0.2, 0) is 22.3 Å². The van der Waals surface area contributed by atoms with Gasteiger partial charge in [0.05, 0.1) is 5.75 Å². The molecule has 4 nitrogen and oxygen atoms in total. The minimum atomic E-state index is -3.23. The third-order valence-corrected chi connectivity index (χ3v) is 4.70. The Morgan fingerprint density at radius 1 is 1.20 bits per heavy atom. The van der Waals surface area contributed by atoms with Gasteiger partial charge in [-0.1, -0.05) is 31.2 Å². The maximum absolute atomic E-state index is 11.9. The molecular weight excluding hydrogens is 292 g/mol. The van der Waals surface area contributed by atoms with E-state index in [-0.39, 0.29) is 5.75 Å². The van der Waals surface area contributed by atoms with Crippen molar-refractivity contribution in [2.24, 2.45) is 0 Å². The first-order chi connectivity index (χ1) is 9.57. The minimum Gasteiger partial charge on any atom is -0.313 e. The van der Waals surface area contributed by atoms with Gasteiger partial charge < -0.3 is 5.32 Å². The standard InChI is InChI=1S/C14H24N2O2S2/c1-3-7-15-11-13-5-4-6-14(10-13)12-20(17,18)16-8-9-19-2/h4-6,10,15-16H,3,7-9,11-12H2,1-2H3. The van der Waals surface area contributed by atoms with Crippen molar-refractivity contribution >= 4 is 21.8 Å². The number of benzene rings is 1. The first-order valence-corrected chi connectivity index (χ1v) is 9.87. The highest BCUT2D eigenvalue weighted by Gasteiger charge is 2.10. The second-order valence-electron chi connectivity index (χ2n) is 4.64. The fourth-order valence-corrected chi connectivity index (χ4v) is 3.38. The number of thioether (sulfide) groups is 1. The summed E-state index contributed by atoms with van der Waals surface area (Å²) >= 11 is 1.63. The summed E-state index contributed by atoms with van der Waals surface area (Å²) in [5.41, 5.74) is 1.95. The van der Waals surface area contributed by atoms with E-state index in [1.54, 1.807) is 11.8 Å². The van der Waals surface area contributed by atoms with Gasteiger partial charge in [0.2, 0.25) is 10.0 Å². The maximum Gasteiger partial charge on any atom is 0.215 e. The zero-order valence-corrected chi connectivity index (χ0v) is 13.8. The molecule has 0 amide bonds. The monoisotopic (exact) mass is 316 g/mol. The van der Waals surface area contributed by atoms with Gasteiger partial charge >= 0.3 is 0 Å². The summed E-state index contributed by atoms with van der Waals surface area (Å²) in [5, 5.41) is 3.32. The predicted octanol–water partition coefficient (Wildman–Crippen LogP) is 1.97. The fourth-order valence-electron chi connectivity index (χ4n) is 1.81. The van der Waals surface area contributed by atoms with Crippen molar-refractivity contribution in [3.8, 4) is 0 Å². The molecule has 6 heteroatoms. The first-order valence-electron chi connectivity index (χ1n) is 6.82. The third-order valence-electron chi connectivity index (χ3n) is 2.73. The van der Waals surface area contributed by atoms with Crippen molar-refractivity contribution in [2.45, 2.75) is 25.6 Å². The summed E-state index contributed by atoms with van der Waals surface area (Å²) in [5.74, 6) is 0.837. The summed E-state index contributed by atoms with van der Waals surface area (Å²) in [7, 11) is -3.23. The Balaban J connectivity index is 2.56. The molecule has 1 aromatic rings.